The third-order valence-electron chi connectivity index (χ3n) is 2.07. The van der Waals surface area contributed by atoms with Crippen molar-refractivity contribution in [1.29, 1.82) is 0 Å². The zero-order chi connectivity index (χ0) is 11.7. The van der Waals surface area contributed by atoms with Crippen molar-refractivity contribution in [3.05, 3.63) is 21.3 Å². The molecule has 0 saturated heterocycles. The zero-order valence-corrected chi connectivity index (χ0v) is 10.4. The molecule has 2 rings (SSSR count). The lowest BCUT2D eigenvalue weighted by Crippen LogP contribution is -1.97. The summed E-state index contributed by atoms with van der Waals surface area (Å²) in [5.74, 6) is -0.910. The molecule has 0 radical (unpaired) electrons. The van der Waals surface area contributed by atoms with Crippen molar-refractivity contribution >= 4 is 34.3 Å². The lowest BCUT2D eigenvalue weighted by atomic mass is 10.3. The van der Waals surface area contributed by atoms with E-state index in [1.54, 1.807) is 18.4 Å². The van der Waals surface area contributed by atoms with Crippen molar-refractivity contribution in [3.63, 3.8) is 0 Å². The van der Waals surface area contributed by atoms with Crippen molar-refractivity contribution in [2.75, 3.05) is 12.4 Å². The largest absolute Gasteiger partial charge is 0.477 e. The Bertz CT molecular complexity index is 531. The van der Waals surface area contributed by atoms with Gasteiger partial charge in [-0.05, 0) is 13.0 Å². The second kappa shape index (κ2) is 4.23. The summed E-state index contributed by atoms with van der Waals surface area (Å²) in [5, 5.41) is 14.8. The molecule has 0 aromatic carbocycles. The molecule has 0 aliphatic carbocycles. The monoisotopic (exact) mass is 254 g/mol. The van der Waals surface area contributed by atoms with Gasteiger partial charge in [-0.25, -0.2) is 9.78 Å². The molecule has 2 N–H and O–H groups in total. The molecule has 0 atom stereocenters. The van der Waals surface area contributed by atoms with Gasteiger partial charge in [0.1, 0.15) is 4.88 Å². The van der Waals surface area contributed by atoms with Crippen molar-refractivity contribution in [2.24, 2.45) is 0 Å². The first-order chi connectivity index (χ1) is 7.61. The fourth-order valence-electron chi connectivity index (χ4n) is 1.34. The highest BCUT2D eigenvalue weighted by Crippen LogP contribution is 2.34. The summed E-state index contributed by atoms with van der Waals surface area (Å²) in [4.78, 5) is 16.5. The Labute approximate surface area is 101 Å². The molecule has 16 heavy (non-hydrogen) atoms. The van der Waals surface area contributed by atoms with Crippen LogP contribution in [0, 0.1) is 6.92 Å². The van der Waals surface area contributed by atoms with Gasteiger partial charge in [0.05, 0.1) is 21.3 Å². The van der Waals surface area contributed by atoms with Crippen LogP contribution in [-0.2, 0) is 0 Å². The first-order valence-electron chi connectivity index (χ1n) is 4.59. The van der Waals surface area contributed by atoms with Gasteiger partial charge in [0, 0.05) is 12.4 Å². The van der Waals surface area contributed by atoms with E-state index in [2.05, 4.69) is 10.3 Å². The summed E-state index contributed by atoms with van der Waals surface area (Å²) >= 11 is 2.80. The number of thiazole rings is 1. The van der Waals surface area contributed by atoms with E-state index >= 15 is 0 Å². The van der Waals surface area contributed by atoms with Gasteiger partial charge in [0.15, 0.2) is 0 Å². The molecular weight excluding hydrogens is 244 g/mol. The number of carboxylic acid groups (broad SMARTS) is 1. The number of carboxylic acids is 1. The molecule has 2 aromatic rings. The van der Waals surface area contributed by atoms with E-state index in [9.17, 15) is 4.79 Å². The summed E-state index contributed by atoms with van der Waals surface area (Å²) < 4.78 is 0. The molecule has 0 aliphatic heterocycles. The number of hydrogen-bond acceptors (Lipinski definition) is 5. The predicted molar refractivity (Wildman–Crippen MR) is 66.7 cm³/mol. The number of anilines is 1. The lowest BCUT2D eigenvalue weighted by Gasteiger charge is -1.94. The second-order valence-electron chi connectivity index (χ2n) is 3.16. The Morgan fingerprint density at radius 3 is 2.75 bits per heavy atom. The highest BCUT2D eigenvalue weighted by molar-refractivity contribution is 7.18. The van der Waals surface area contributed by atoms with Crippen LogP contribution >= 0.6 is 22.7 Å². The molecule has 0 aliphatic rings. The van der Waals surface area contributed by atoms with Crippen LogP contribution in [-0.4, -0.2) is 23.1 Å². The number of nitrogens with zero attached hydrogens (tertiary/aromatic N) is 1. The Kier molecular flexibility index (Phi) is 2.93. The second-order valence-corrected chi connectivity index (χ2v) is 5.27. The Morgan fingerprint density at radius 1 is 1.56 bits per heavy atom. The molecule has 0 spiro atoms. The zero-order valence-electron chi connectivity index (χ0n) is 8.77. The van der Waals surface area contributed by atoms with E-state index in [0.717, 1.165) is 15.6 Å². The quantitative estimate of drug-likeness (QED) is 0.884. The molecule has 0 fully saturated rings. The number of thiophene rings is 1. The van der Waals surface area contributed by atoms with Crippen LogP contribution in [0.3, 0.4) is 0 Å². The van der Waals surface area contributed by atoms with Crippen molar-refractivity contribution < 1.29 is 9.90 Å². The molecule has 84 valence electrons. The molecular formula is C10H10N2O2S2. The summed E-state index contributed by atoms with van der Waals surface area (Å²) in [6.07, 6.45) is 0. The van der Waals surface area contributed by atoms with Gasteiger partial charge in [-0.2, -0.15) is 0 Å². The minimum absolute atomic E-state index is 0.322. The molecule has 0 amide bonds. The maximum Gasteiger partial charge on any atom is 0.348 e. The average Bonchev–Trinajstić information content (AvgIpc) is 2.82. The molecule has 0 bridgehead atoms. The third-order valence-corrected chi connectivity index (χ3v) is 3.99. The van der Waals surface area contributed by atoms with E-state index in [-0.39, 0.29) is 0 Å². The number of nitrogens with one attached hydrogen (secondary N) is 1. The summed E-state index contributed by atoms with van der Waals surface area (Å²) in [7, 11) is 1.71. The standard InChI is InChI=1S/C10H10N2O2S2/c1-5-12-7(4-15-5)8-3-6(11-2)9(16-8)10(13)14/h3-4,11H,1-2H3,(H,13,14). The first-order valence-corrected chi connectivity index (χ1v) is 6.29. The average molecular weight is 254 g/mol. The van der Waals surface area contributed by atoms with Gasteiger partial charge in [-0.15, -0.1) is 22.7 Å². The molecule has 2 aromatic heterocycles. The van der Waals surface area contributed by atoms with Crippen LogP contribution < -0.4 is 5.32 Å². The summed E-state index contributed by atoms with van der Waals surface area (Å²) in [5.41, 5.74) is 1.48. The van der Waals surface area contributed by atoms with E-state index < -0.39 is 5.97 Å². The van der Waals surface area contributed by atoms with E-state index in [1.165, 1.54) is 11.3 Å². The van der Waals surface area contributed by atoms with E-state index in [1.807, 2.05) is 18.4 Å². The molecule has 0 unspecified atom stereocenters. The van der Waals surface area contributed by atoms with E-state index in [0.29, 0.717) is 10.6 Å². The number of aromatic nitrogens is 1. The SMILES string of the molecule is CNc1cc(-c2csc(C)n2)sc1C(=O)O. The Hall–Kier alpha value is -1.40. The van der Waals surface area contributed by atoms with Crippen molar-refractivity contribution in [2.45, 2.75) is 6.92 Å². The number of hydrogen-bond donors (Lipinski definition) is 2. The molecule has 2 heterocycles. The minimum atomic E-state index is -0.910. The van der Waals surface area contributed by atoms with Gasteiger partial charge in [-0.1, -0.05) is 0 Å². The molecule has 0 saturated carbocycles. The van der Waals surface area contributed by atoms with Gasteiger partial charge in [0.25, 0.3) is 0 Å². The third kappa shape index (κ3) is 1.94. The smallest absolute Gasteiger partial charge is 0.348 e. The maximum absolute atomic E-state index is 11.0. The normalized spacial score (nSPS) is 10.4. The maximum atomic E-state index is 11.0. The Morgan fingerprint density at radius 2 is 2.31 bits per heavy atom. The summed E-state index contributed by atoms with van der Waals surface area (Å²) in [6.45, 7) is 1.93. The van der Waals surface area contributed by atoms with Crippen molar-refractivity contribution in [1.82, 2.24) is 4.98 Å². The van der Waals surface area contributed by atoms with Crippen LogP contribution in [0.15, 0.2) is 11.4 Å². The van der Waals surface area contributed by atoms with Crippen LogP contribution in [0.5, 0.6) is 0 Å². The Balaban J connectivity index is 2.47. The number of aryl methyl sites for hydroxylation is 1. The number of aromatic carboxylic acids is 1. The minimum Gasteiger partial charge on any atom is -0.477 e. The lowest BCUT2D eigenvalue weighted by molar-refractivity contribution is 0.0703. The molecule has 6 heteroatoms. The van der Waals surface area contributed by atoms with Crippen LogP contribution in [0.4, 0.5) is 5.69 Å². The fraction of sp³-hybridized carbons (Fsp3) is 0.200. The highest BCUT2D eigenvalue weighted by Gasteiger charge is 2.16. The fourth-order valence-corrected chi connectivity index (χ4v) is 2.99. The number of rotatable bonds is 3. The van der Waals surface area contributed by atoms with E-state index in [4.69, 9.17) is 5.11 Å². The van der Waals surface area contributed by atoms with Crippen LogP contribution in [0.2, 0.25) is 0 Å². The predicted octanol–water partition coefficient (Wildman–Crippen LogP) is 2.92. The van der Waals surface area contributed by atoms with Gasteiger partial charge in [0.2, 0.25) is 0 Å². The summed E-state index contributed by atoms with van der Waals surface area (Å²) in [6, 6.07) is 1.82. The van der Waals surface area contributed by atoms with Crippen LogP contribution in [0.1, 0.15) is 14.7 Å². The van der Waals surface area contributed by atoms with Gasteiger partial charge in [-0.3, -0.25) is 0 Å². The first kappa shape index (κ1) is 11.1. The van der Waals surface area contributed by atoms with Crippen molar-refractivity contribution in [3.8, 4) is 10.6 Å². The van der Waals surface area contributed by atoms with Crippen LogP contribution in [0.25, 0.3) is 10.6 Å². The topological polar surface area (TPSA) is 62.2 Å². The molecule has 4 nitrogen and oxygen atoms in total. The number of carbonyl (C=O) groups is 1. The van der Waals surface area contributed by atoms with Gasteiger partial charge >= 0.3 is 5.97 Å². The highest BCUT2D eigenvalue weighted by atomic mass is 32.1. The van der Waals surface area contributed by atoms with Gasteiger partial charge < -0.3 is 10.4 Å².